The molecule has 7 heteroatoms. The Morgan fingerprint density at radius 3 is 2.68 bits per heavy atom. The molecular formula is C18H17N3O4. The van der Waals surface area contributed by atoms with Gasteiger partial charge in [0, 0.05) is 10.9 Å². The minimum Gasteiger partial charge on any atom is -0.458 e. The number of amides is 3. The van der Waals surface area contributed by atoms with Crippen molar-refractivity contribution in [3.05, 3.63) is 53.1 Å². The second kappa shape index (κ2) is 5.20. The number of imide groups is 1. The van der Waals surface area contributed by atoms with Crippen molar-refractivity contribution in [2.45, 2.75) is 32.9 Å². The highest BCUT2D eigenvalue weighted by Crippen LogP contribution is 2.34. The van der Waals surface area contributed by atoms with E-state index in [9.17, 15) is 9.59 Å². The summed E-state index contributed by atoms with van der Waals surface area (Å²) in [6.45, 7) is 5.30. The molecule has 3 heterocycles. The van der Waals surface area contributed by atoms with E-state index in [-0.39, 0.29) is 12.5 Å². The molecule has 0 aliphatic carbocycles. The third-order valence-corrected chi connectivity index (χ3v) is 4.69. The molecule has 0 radical (unpaired) electrons. The van der Waals surface area contributed by atoms with E-state index in [0.717, 1.165) is 10.9 Å². The van der Waals surface area contributed by atoms with Gasteiger partial charge in [0.15, 0.2) is 5.54 Å². The first-order valence-corrected chi connectivity index (χ1v) is 7.95. The average molecular weight is 339 g/mol. The maximum atomic E-state index is 13.0. The van der Waals surface area contributed by atoms with Gasteiger partial charge in [0.25, 0.3) is 5.91 Å². The molecule has 4 rings (SSSR count). The van der Waals surface area contributed by atoms with Gasteiger partial charge in [0.2, 0.25) is 0 Å². The van der Waals surface area contributed by atoms with Gasteiger partial charge < -0.3 is 14.3 Å². The summed E-state index contributed by atoms with van der Waals surface area (Å²) in [7, 11) is 0. The lowest BCUT2D eigenvalue weighted by molar-refractivity contribution is -0.132. The lowest BCUT2D eigenvalue weighted by Crippen LogP contribution is -2.40. The van der Waals surface area contributed by atoms with Crippen molar-refractivity contribution in [1.29, 1.82) is 0 Å². The summed E-state index contributed by atoms with van der Waals surface area (Å²) < 4.78 is 10.9. The van der Waals surface area contributed by atoms with Crippen LogP contribution >= 0.6 is 0 Å². The lowest BCUT2D eigenvalue weighted by atomic mass is 9.98. The fraction of sp³-hybridized carbons (Fsp3) is 0.278. The molecule has 25 heavy (non-hydrogen) atoms. The summed E-state index contributed by atoms with van der Waals surface area (Å²) in [4.78, 5) is 26.6. The molecule has 1 aliphatic heterocycles. The molecule has 1 aromatic carbocycles. The Morgan fingerprint density at radius 1 is 1.24 bits per heavy atom. The van der Waals surface area contributed by atoms with Crippen LogP contribution in [0.2, 0.25) is 0 Å². The molecule has 0 unspecified atom stereocenters. The highest BCUT2D eigenvalue weighted by atomic mass is 16.5. The average Bonchev–Trinajstić information content (AvgIpc) is 3.21. The molecule has 2 aromatic heterocycles. The van der Waals surface area contributed by atoms with E-state index in [2.05, 4.69) is 10.5 Å². The van der Waals surface area contributed by atoms with Gasteiger partial charge >= 0.3 is 6.03 Å². The van der Waals surface area contributed by atoms with E-state index in [1.807, 2.05) is 24.3 Å². The van der Waals surface area contributed by atoms with Gasteiger partial charge in [-0.2, -0.15) is 0 Å². The third-order valence-electron chi connectivity index (χ3n) is 4.69. The van der Waals surface area contributed by atoms with Gasteiger partial charge in [-0.1, -0.05) is 23.4 Å². The number of aryl methyl sites for hydroxylation is 2. The van der Waals surface area contributed by atoms with E-state index in [1.165, 1.54) is 4.90 Å². The van der Waals surface area contributed by atoms with E-state index >= 15 is 0 Å². The number of hydrogen-bond acceptors (Lipinski definition) is 5. The van der Waals surface area contributed by atoms with Crippen molar-refractivity contribution in [3.8, 4) is 0 Å². The Balaban J connectivity index is 1.70. The second-order valence-electron chi connectivity index (χ2n) is 6.40. The van der Waals surface area contributed by atoms with E-state index in [4.69, 9.17) is 8.94 Å². The molecule has 0 saturated carbocycles. The topological polar surface area (TPSA) is 88.6 Å². The number of rotatable bonds is 3. The number of urea groups is 1. The van der Waals surface area contributed by atoms with Crippen molar-refractivity contribution in [3.63, 3.8) is 0 Å². The number of benzene rings is 1. The number of furan rings is 1. The molecule has 1 N–H and O–H groups in total. The van der Waals surface area contributed by atoms with Crippen LogP contribution in [0, 0.1) is 13.8 Å². The summed E-state index contributed by atoms with van der Waals surface area (Å²) in [6.07, 6.45) is 0. The summed E-state index contributed by atoms with van der Waals surface area (Å²) in [5.74, 6) is 0.639. The zero-order valence-electron chi connectivity index (χ0n) is 14.1. The van der Waals surface area contributed by atoms with Crippen LogP contribution < -0.4 is 5.32 Å². The van der Waals surface area contributed by atoms with Crippen LogP contribution in [0.4, 0.5) is 4.79 Å². The van der Waals surface area contributed by atoms with Crippen molar-refractivity contribution >= 4 is 22.9 Å². The zero-order chi connectivity index (χ0) is 17.8. The quantitative estimate of drug-likeness (QED) is 0.741. The maximum absolute atomic E-state index is 13.0. The summed E-state index contributed by atoms with van der Waals surface area (Å²) in [6, 6.07) is 8.79. The minimum absolute atomic E-state index is 0.113. The number of fused-ring (bicyclic) bond motifs is 1. The summed E-state index contributed by atoms with van der Waals surface area (Å²) >= 11 is 0. The fourth-order valence-electron chi connectivity index (χ4n) is 3.12. The van der Waals surface area contributed by atoms with E-state index in [1.54, 1.807) is 26.8 Å². The number of carbonyl (C=O) groups is 2. The monoisotopic (exact) mass is 339 g/mol. The molecular weight excluding hydrogens is 322 g/mol. The van der Waals surface area contributed by atoms with Gasteiger partial charge in [-0.3, -0.25) is 9.69 Å². The van der Waals surface area contributed by atoms with Crippen LogP contribution in [0.3, 0.4) is 0 Å². The largest absolute Gasteiger partial charge is 0.458 e. The Labute approximate surface area is 143 Å². The van der Waals surface area contributed by atoms with E-state index < -0.39 is 11.6 Å². The number of hydrogen-bond donors (Lipinski definition) is 1. The van der Waals surface area contributed by atoms with Crippen molar-refractivity contribution in [1.82, 2.24) is 15.4 Å². The standard InChI is InChI=1S/C18H17N3O4/c1-10-13(11(2)25-20-10)9-21-16(22)18(3,19-17(21)23)15-8-12-6-4-5-7-14(12)24-15/h4-8H,9H2,1-3H3,(H,19,23)/t18-/m0/s1. The Hall–Kier alpha value is -3.09. The van der Waals surface area contributed by atoms with Gasteiger partial charge in [0.1, 0.15) is 17.1 Å². The fourth-order valence-corrected chi connectivity index (χ4v) is 3.12. The van der Waals surface area contributed by atoms with Crippen LogP contribution in [0.1, 0.15) is 29.7 Å². The predicted molar refractivity (Wildman–Crippen MR) is 88.6 cm³/mol. The predicted octanol–water partition coefficient (Wildman–Crippen LogP) is 3.00. The smallest absolute Gasteiger partial charge is 0.325 e. The highest BCUT2D eigenvalue weighted by molar-refractivity contribution is 6.07. The number of para-hydroxylation sites is 1. The maximum Gasteiger partial charge on any atom is 0.325 e. The zero-order valence-corrected chi connectivity index (χ0v) is 14.1. The SMILES string of the molecule is Cc1noc(C)c1CN1C(=O)N[C@@](C)(c2cc3ccccc3o2)C1=O. The first-order chi connectivity index (χ1) is 11.9. The first kappa shape index (κ1) is 15.4. The van der Waals surface area contributed by atoms with Crippen LogP contribution in [0.5, 0.6) is 0 Å². The third kappa shape index (κ3) is 2.23. The molecule has 1 aliphatic rings. The normalized spacial score (nSPS) is 20.5. The molecule has 3 amide bonds. The lowest BCUT2D eigenvalue weighted by Gasteiger charge is -2.19. The molecule has 1 atom stereocenters. The van der Waals surface area contributed by atoms with Crippen LogP contribution in [-0.4, -0.2) is 22.0 Å². The molecule has 128 valence electrons. The second-order valence-corrected chi connectivity index (χ2v) is 6.40. The van der Waals surface area contributed by atoms with Crippen molar-refractivity contribution in [2.24, 2.45) is 0 Å². The van der Waals surface area contributed by atoms with Gasteiger partial charge in [-0.05, 0) is 32.9 Å². The Morgan fingerprint density at radius 2 is 2.00 bits per heavy atom. The van der Waals surface area contributed by atoms with E-state index in [0.29, 0.717) is 22.8 Å². The van der Waals surface area contributed by atoms with Gasteiger partial charge in [-0.15, -0.1) is 0 Å². The number of carbonyl (C=O) groups excluding carboxylic acids is 2. The number of nitrogens with zero attached hydrogens (tertiary/aromatic N) is 2. The Kier molecular flexibility index (Phi) is 3.21. The summed E-state index contributed by atoms with van der Waals surface area (Å²) in [5, 5.41) is 7.50. The summed E-state index contributed by atoms with van der Waals surface area (Å²) in [5.41, 5.74) is 0.826. The van der Waals surface area contributed by atoms with Crippen molar-refractivity contribution in [2.75, 3.05) is 0 Å². The van der Waals surface area contributed by atoms with Crippen molar-refractivity contribution < 1.29 is 18.5 Å². The minimum atomic E-state index is -1.24. The molecule has 7 nitrogen and oxygen atoms in total. The van der Waals surface area contributed by atoms with Crippen LogP contribution in [-0.2, 0) is 16.9 Å². The molecule has 0 bridgehead atoms. The number of nitrogens with one attached hydrogen (secondary N) is 1. The Bertz CT molecular complexity index is 950. The first-order valence-electron chi connectivity index (χ1n) is 7.95. The molecule has 1 saturated heterocycles. The van der Waals surface area contributed by atoms with Gasteiger partial charge in [-0.25, -0.2) is 4.79 Å². The number of aromatic nitrogens is 1. The van der Waals surface area contributed by atoms with Crippen LogP contribution in [0.25, 0.3) is 11.0 Å². The molecule has 1 fully saturated rings. The molecule has 3 aromatic rings. The van der Waals surface area contributed by atoms with Gasteiger partial charge in [0.05, 0.1) is 12.2 Å². The van der Waals surface area contributed by atoms with Crippen LogP contribution in [0.15, 0.2) is 39.3 Å². The highest BCUT2D eigenvalue weighted by Gasteiger charge is 2.51. The molecule has 0 spiro atoms.